The first-order valence-electron chi connectivity index (χ1n) is 7.49. The van der Waals surface area contributed by atoms with Crippen LogP contribution in [0.3, 0.4) is 0 Å². The van der Waals surface area contributed by atoms with E-state index in [-0.39, 0.29) is 5.91 Å². The molecule has 1 aliphatic heterocycles. The van der Waals surface area contributed by atoms with Crippen molar-refractivity contribution in [2.24, 2.45) is 11.7 Å². The number of alkyl halides is 3. The Morgan fingerprint density at radius 2 is 1.82 bits per heavy atom. The maximum absolute atomic E-state index is 12.6. The summed E-state index contributed by atoms with van der Waals surface area (Å²) in [6.07, 6.45) is -2.57. The van der Waals surface area contributed by atoms with Crippen molar-refractivity contribution >= 4 is 5.91 Å². The van der Waals surface area contributed by atoms with Crippen molar-refractivity contribution in [1.82, 2.24) is 4.90 Å². The fourth-order valence-corrected chi connectivity index (χ4v) is 2.77. The molecule has 0 aliphatic carbocycles. The van der Waals surface area contributed by atoms with Crippen molar-refractivity contribution in [3.8, 4) is 0 Å². The summed E-state index contributed by atoms with van der Waals surface area (Å²) in [5.74, 6) is -0.00244. The fraction of sp³-hybridized carbons (Fsp3) is 0.562. The van der Waals surface area contributed by atoms with Crippen LogP contribution in [0.5, 0.6) is 0 Å². The van der Waals surface area contributed by atoms with Crippen molar-refractivity contribution < 1.29 is 18.0 Å². The average Bonchev–Trinajstić information content (AvgIpc) is 2.53. The molecule has 3 nitrogen and oxygen atoms in total. The molecule has 1 heterocycles. The van der Waals surface area contributed by atoms with Gasteiger partial charge in [0, 0.05) is 13.1 Å². The van der Waals surface area contributed by atoms with Gasteiger partial charge in [0.15, 0.2) is 0 Å². The number of benzene rings is 1. The fourth-order valence-electron chi connectivity index (χ4n) is 2.77. The van der Waals surface area contributed by atoms with Crippen molar-refractivity contribution in [3.05, 3.63) is 35.4 Å². The number of hydrogen-bond donors (Lipinski definition) is 1. The average molecular weight is 314 g/mol. The SMILES string of the molecule is CC(C(=O)N1CCC(CN)CC1)c1ccc(C(F)(F)F)cc1. The lowest BCUT2D eigenvalue weighted by atomic mass is 9.94. The highest BCUT2D eigenvalue weighted by Gasteiger charge is 2.31. The third kappa shape index (κ3) is 3.80. The molecule has 1 saturated heterocycles. The number of halogens is 3. The minimum absolute atomic E-state index is 0.0322. The summed E-state index contributed by atoms with van der Waals surface area (Å²) < 4.78 is 37.7. The smallest absolute Gasteiger partial charge is 0.342 e. The second-order valence-electron chi connectivity index (χ2n) is 5.85. The molecule has 0 spiro atoms. The zero-order valence-corrected chi connectivity index (χ0v) is 12.6. The topological polar surface area (TPSA) is 46.3 Å². The Hall–Kier alpha value is -1.56. The van der Waals surface area contributed by atoms with Crippen LogP contribution in [-0.2, 0) is 11.0 Å². The van der Waals surface area contributed by atoms with Crippen LogP contribution >= 0.6 is 0 Å². The minimum Gasteiger partial charge on any atom is -0.342 e. The first-order chi connectivity index (χ1) is 10.3. The van der Waals surface area contributed by atoms with Crippen LogP contribution in [-0.4, -0.2) is 30.4 Å². The van der Waals surface area contributed by atoms with Gasteiger partial charge in [-0.3, -0.25) is 4.79 Å². The van der Waals surface area contributed by atoms with E-state index in [0.29, 0.717) is 31.1 Å². The van der Waals surface area contributed by atoms with Crippen molar-refractivity contribution in [1.29, 1.82) is 0 Å². The van der Waals surface area contributed by atoms with Crippen LogP contribution in [0.4, 0.5) is 13.2 Å². The summed E-state index contributed by atoms with van der Waals surface area (Å²) in [5.41, 5.74) is 5.54. The van der Waals surface area contributed by atoms with Crippen molar-refractivity contribution in [2.75, 3.05) is 19.6 Å². The molecule has 2 rings (SSSR count). The number of amides is 1. The Morgan fingerprint density at radius 3 is 2.27 bits per heavy atom. The van der Waals surface area contributed by atoms with Crippen LogP contribution in [0.15, 0.2) is 24.3 Å². The molecule has 6 heteroatoms. The molecule has 0 aromatic heterocycles. The normalized spacial score (nSPS) is 18.3. The third-order valence-electron chi connectivity index (χ3n) is 4.37. The summed E-state index contributed by atoms with van der Waals surface area (Å²) in [7, 11) is 0. The summed E-state index contributed by atoms with van der Waals surface area (Å²) in [4.78, 5) is 14.2. The summed E-state index contributed by atoms with van der Waals surface area (Å²) in [5, 5.41) is 0. The molecule has 2 N–H and O–H groups in total. The summed E-state index contributed by atoms with van der Waals surface area (Å²) in [6.45, 7) is 3.72. The molecule has 0 bridgehead atoms. The van der Waals surface area contributed by atoms with E-state index in [1.165, 1.54) is 12.1 Å². The monoisotopic (exact) mass is 314 g/mol. The predicted molar refractivity (Wildman–Crippen MR) is 78.2 cm³/mol. The van der Waals surface area contributed by atoms with Gasteiger partial charge < -0.3 is 10.6 Å². The van der Waals surface area contributed by atoms with Gasteiger partial charge in [-0.25, -0.2) is 0 Å². The molecule has 1 aliphatic rings. The molecular weight excluding hydrogens is 293 g/mol. The lowest BCUT2D eigenvalue weighted by molar-refractivity contribution is -0.137. The molecular formula is C16H21F3N2O. The number of likely N-dealkylation sites (tertiary alicyclic amines) is 1. The Labute approximate surface area is 128 Å². The van der Waals surface area contributed by atoms with Crippen LogP contribution in [0.1, 0.15) is 36.8 Å². The third-order valence-corrected chi connectivity index (χ3v) is 4.37. The zero-order valence-electron chi connectivity index (χ0n) is 12.6. The number of carbonyl (C=O) groups excluding carboxylic acids is 1. The van der Waals surface area contributed by atoms with E-state index in [1.807, 2.05) is 0 Å². The minimum atomic E-state index is -4.35. The molecule has 1 unspecified atom stereocenters. The maximum atomic E-state index is 12.6. The lowest BCUT2D eigenvalue weighted by Gasteiger charge is -2.33. The standard InChI is InChI=1S/C16H21F3N2O/c1-11(13-2-4-14(5-3-13)16(17,18)19)15(22)21-8-6-12(10-20)7-9-21/h2-5,11-12H,6-10,20H2,1H3. The van der Waals surface area contributed by atoms with Gasteiger partial charge >= 0.3 is 6.18 Å². The van der Waals surface area contributed by atoms with E-state index < -0.39 is 17.7 Å². The lowest BCUT2D eigenvalue weighted by Crippen LogP contribution is -2.41. The number of rotatable bonds is 3. The first kappa shape index (κ1) is 16.8. The van der Waals surface area contributed by atoms with Crippen LogP contribution in [0, 0.1) is 5.92 Å². The Kier molecular flexibility index (Phi) is 5.11. The van der Waals surface area contributed by atoms with Crippen LogP contribution in [0.2, 0.25) is 0 Å². The Bertz CT molecular complexity index is 505. The summed E-state index contributed by atoms with van der Waals surface area (Å²) >= 11 is 0. The van der Waals surface area contributed by atoms with Gasteiger partial charge in [-0.1, -0.05) is 12.1 Å². The van der Waals surface area contributed by atoms with Gasteiger partial charge in [-0.05, 0) is 49.9 Å². The highest BCUT2D eigenvalue weighted by Crippen LogP contribution is 2.30. The molecule has 22 heavy (non-hydrogen) atoms. The maximum Gasteiger partial charge on any atom is 0.416 e. The highest BCUT2D eigenvalue weighted by molar-refractivity contribution is 5.83. The Balaban J connectivity index is 2.02. The quantitative estimate of drug-likeness (QED) is 0.932. The number of hydrogen-bond acceptors (Lipinski definition) is 2. The van der Waals surface area contributed by atoms with Crippen molar-refractivity contribution in [3.63, 3.8) is 0 Å². The number of piperidine rings is 1. The van der Waals surface area contributed by atoms with Crippen molar-refractivity contribution in [2.45, 2.75) is 31.9 Å². The second-order valence-corrected chi connectivity index (χ2v) is 5.85. The molecule has 1 atom stereocenters. The summed E-state index contributed by atoms with van der Waals surface area (Å²) in [6, 6.07) is 4.83. The molecule has 122 valence electrons. The van der Waals surface area contributed by atoms with E-state index in [4.69, 9.17) is 5.73 Å². The Morgan fingerprint density at radius 1 is 1.27 bits per heavy atom. The van der Waals surface area contributed by atoms with Crippen LogP contribution < -0.4 is 5.73 Å². The molecule has 0 radical (unpaired) electrons. The van der Waals surface area contributed by atoms with Gasteiger partial charge in [0.2, 0.25) is 5.91 Å². The largest absolute Gasteiger partial charge is 0.416 e. The number of nitrogens with two attached hydrogens (primary N) is 1. The predicted octanol–water partition coefficient (Wildman–Crippen LogP) is 3.01. The molecule has 1 amide bonds. The van der Waals surface area contributed by atoms with Gasteiger partial charge in [0.1, 0.15) is 0 Å². The van der Waals surface area contributed by atoms with Gasteiger partial charge in [-0.2, -0.15) is 13.2 Å². The second kappa shape index (κ2) is 6.69. The molecule has 0 saturated carbocycles. The van der Waals surface area contributed by atoms with E-state index in [0.717, 1.165) is 25.0 Å². The van der Waals surface area contributed by atoms with E-state index in [9.17, 15) is 18.0 Å². The molecule has 1 aromatic carbocycles. The zero-order chi connectivity index (χ0) is 16.3. The molecule has 1 fully saturated rings. The first-order valence-corrected chi connectivity index (χ1v) is 7.49. The number of nitrogens with zero attached hydrogens (tertiary/aromatic N) is 1. The van der Waals surface area contributed by atoms with Crippen LogP contribution in [0.25, 0.3) is 0 Å². The van der Waals surface area contributed by atoms with E-state index >= 15 is 0 Å². The highest BCUT2D eigenvalue weighted by atomic mass is 19.4. The van der Waals surface area contributed by atoms with Gasteiger partial charge in [0.25, 0.3) is 0 Å². The van der Waals surface area contributed by atoms with E-state index in [1.54, 1.807) is 11.8 Å². The van der Waals surface area contributed by atoms with Gasteiger partial charge in [0.05, 0.1) is 11.5 Å². The number of carbonyl (C=O) groups is 1. The van der Waals surface area contributed by atoms with Gasteiger partial charge in [-0.15, -0.1) is 0 Å². The van der Waals surface area contributed by atoms with E-state index in [2.05, 4.69) is 0 Å². The molecule has 1 aromatic rings.